The number of hydrogen-bond donors (Lipinski definition) is 0. The minimum Gasteiger partial charge on any atom is -0.302 e. The summed E-state index contributed by atoms with van der Waals surface area (Å²) in [6.45, 7) is 1.41. The van der Waals surface area contributed by atoms with Gasteiger partial charge in [-0.15, -0.1) is 0 Å². The van der Waals surface area contributed by atoms with Crippen LogP contribution in [0.5, 0.6) is 0 Å². The first-order chi connectivity index (χ1) is 16.0. The number of para-hydroxylation sites is 1. The van der Waals surface area contributed by atoms with Crippen molar-refractivity contribution in [3.8, 4) is 0 Å². The van der Waals surface area contributed by atoms with Crippen LogP contribution in [-0.2, 0) is 16.6 Å². The van der Waals surface area contributed by atoms with Gasteiger partial charge in [-0.05, 0) is 61.4 Å². The van der Waals surface area contributed by atoms with Crippen molar-refractivity contribution in [1.29, 1.82) is 0 Å². The van der Waals surface area contributed by atoms with Crippen molar-refractivity contribution < 1.29 is 13.2 Å². The van der Waals surface area contributed by atoms with Gasteiger partial charge < -0.3 is 9.30 Å². The van der Waals surface area contributed by atoms with Crippen LogP contribution in [0.25, 0.3) is 5.65 Å². The zero-order chi connectivity index (χ0) is 22.8. The lowest BCUT2D eigenvalue weighted by Gasteiger charge is -2.23. The van der Waals surface area contributed by atoms with Gasteiger partial charge in [0, 0.05) is 30.5 Å². The van der Waals surface area contributed by atoms with Crippen LogP contribution in [0.3, 0.4) is 0 Å². The second-order valence-corrected chi connectivity index (χ2v) is 9.98. The van der Waals surface area contributed by atoms with E-state index in [0.717, 1.165) is 29.9 Å². The summed E-state index contributed by atoms with van der Waals surface area (Å²) < 4.78 is 29.1. The highest BCUT2D eigenvalue weighted by molar-refractivity contribution is 7.89. The third-order valence-electron chi connectivity index (χ3n) is 5.93. The maximum atomic E-state index is 13.6. The molecule has 0 bridgehead atoms. The number of amides is 1. The summed E-state index contributed by atoms with van der Waals surface area (Å²) in [5, 5.41) is 0. The van der Waals surface area contributed by atoms with Crippen molar-refractivity contribution in [2.75, 3.05) is 18.0 Å². The summed E-state index contributed by atoms with van der Waals surface area (Å²) in [7, 11) is -3.52. The topological polar surface area (TPSA) is 75.0 Å². The number of carbonyl (C=O) groups excluding carboxylic acids is 1. The average molecular weight is 461 g/mol. The van der Waals surface area contributed by atoms with Crippen LogP contribution >= 0.6 is 0 Å². The van der Waals surface area contributed by atoms with Gasteiger partial charge in [-0.1, -0.05) is 24.3 Å². The summed E-state index contributed by atoms with van der Waals surface area (Å²) in [6.07, 6.45) is 5.45. The lowest BCUT2D eigenvalue weighted by atomic mass is 10.1. The number of benzene rings is 2. The molecule has 7 nitrogen and oxygen atoms in total. The Morgan fingerprint density at radius 3 is 2.33 bits per heavy atom. The average Bonchev–Trinajstić information content (AvgIpc) is 3.54. The molecule has 0 radical (unpaired) electrons. The Morgan fingerprint density at radius 2 is 1.61 bits per heavy atom. The molecule has 1 aliphatic heterocycles. The zero-order valence-corrected chi connectivity index (χ0v) is 18.9. The van der Waals surface area contributed by atoms with Crippen LogP contribution < -0.4 is 4.90 Å². The van der Waals surface area contributed by atoms with Crippen molar-refractivity contribution in [3.63, 3.8) is 0 Å². The summed E-state index contributed by atoms with van der Waals surface area (Å²) in [5.41, 5.74) is 2.86. The van der Waals surface area contributed by atoms with E-state index in [1.165, 1.54) is 16.4 Å². The minimum absolute atomic E-state index is 0.211. The molecule has 1 fully saturated rings. The summed E-state index contributed by atoms with van der Waals surface area (Å²) in [6, 6.07) is 21.4. The molecule has 3 heterocycles. The van der Waals surface area contributed by atoms with E-state index in [1.54, 1.807) is 23.2 Å². The first kappa shape index (κ1) is 21.4. The standard InChI is InChI=1S/C25H24N4O3S/c30-25(20-11-13-23(14-12-20)33(31,32)27-15-6-7-16-27)29(21-8-2-1-3-9-21)19-22-18-26-24-10-4-5-17-28(22)24/h1-5,8-14,17-18H,6-7,15-16,19H2. The smallest absolute Gasteiger partial charge is 0.258 e. The normalized spacial score (nSPS) is 14.5. The second-order valence-electron chi connectivity index (χ2n) is 8.04. The van der Waals surface area contributed by atoms with E-state index in [2.05, 4.69) is 4.98 Å². The molecule has 0 aliphatic carbocycles. The molecule has 2 aromatic carbocycles. The van der Waals surface area contributed by atoms with Crippen LogP contribution in [0.15, 0.2) is 90.1 Å². The highest BCUT2D eigenvalue weighted by atomic mass is 32.2. The number of pyridine rings is 1. The van der Waals surface area contributed by atoms with Crippen molar-refractivity contribution in [3.05, 3.63) is 96.4 Å². The van der Waals surface area contributed by atoms with Crippen molar-refractivity contribution in [2.45, 2.75) is 24.3 Å². The Hall–Kier alpha value is -3.49. The largest absolute Gasteiger partial charge is 0.302 e. The second kappa shape index (κ2) is 8.80. The van der Waals surface area contributed by atoms with E-state index in [0.29, 0.717) is 25.2 Å². The van der Waals surface area contributed by atoms with Crippen LogP contribution in [0.1, 0.15) is 28.9 Å². The molecule has 8 heteroatoms. The third kappa shape index (κ3) is 4.15. The van der Waals surface area contributed by atoms with Crippen LogP contribution in [0.2, 0.25) is 0 Å². The predicted octanol–water partition coefficient (Wildman–Crippen LogP) is 3.97. The molecule has 2 aromatic heterocycles. The maximum absolute atomic E-state index is 13.6. The Morgan fingerprint density at radius 1 is 0.909 bits per heavy atom. The lowest BCUT2D eigenvalue weighted by Crippen LogP contribution is -2.31. The highest BCUT2D eigenvalue weighted by Crippen LogP contribution is 2.24. The molecule has 168 valence electrons. The van der Waals surface area contributed by atoms with E-state index >= 15 is 0 Å². The Labute approximate surface area is 193 Å². The summed E-state index contributed by atoms with van der Waals surface area (Å²) >= 11 is 0. The lowest BCUT2D eigenvalue weighted by molar-refractivity contribution is 0.0984. The van der Waals surface area contributed by atoms with Gasteiger partial charge in [0.25, 0.3) is 5.91 Å². The number of aromatic nitrogens is 2. The number of carbonyl (C=O) groups is 1. The van der Waals surface area contributed by atoms with E-state index < -0.39 is 10.0 Å². The molecule has 1 amide bonds. The van der Waals surface area contributed by atoms with Crippen molar-refractivity contribution in [2.24, 2.45) is 0 Å². The molecule has 33 heavy (non-hydrogen) atoms. The van der Waals surface area contributed by atoms with Gasteiger partial charge in [0.05, 0.1) is 23.3 Å². The molecule has 0 unspecified atom stereocenters. The quantitative estimate of drug-likeness (QED) is 0.436. The molecule has 1 aliphatic rings. The number of rotatable bonds is 6. The van der Waals surface area contributed by atoms with E-state index in [1.807, 2.05) is 59.1 Å². The number of hydrogen-bond acceptors (Lipinski definition) is 4. The molecule has 1 saturated heterocycles. The molecule has 0 atom stereocenters. The van der Waals surface area contributed by atoms with Crippen LogP contribution in [-0.4, -0.2) is 41.1 Å². The summed E-state index contributed by atoms with van der Waals surface area (Å²) in [5.74, 6) is -0.211. The van der Waals surface area contributed by atoms with Crippen molar-refractivity contribution in [1.82, 2.24) is 13.7 Å². The van der Waals surface area contributed by atoms with Gasteiger partial charge in [0.1, 0.15) is 5.65 Å². The predicted molar refractivity (Wildman–Crippen MR) is 127 cm³/mol. The van der Waals surface area contributed by atoms with E-state index in [9.17, 15) is 13.2 Å². The van der Waals surface area contributed by atoms with E-state index in [4.69, 9.17) is 0 Å². The SMILES string of the molecule is O=C(c1ccc(S(=O)(=O)N2CCCC2)cc1)N(Cc1cnc2ccccn12)c1ccccc1. The molecule has 0 N–H and O–H groups in total. The van der Waals surface area contributed by atoms with Crippen LogP contribution in [0, 0.1) is 0 Å². The maximum Gasteiger partial charge on any atom is 0.258 e. The molecule has 4 aromatic rings. The van der Waals surface area contributed by atoms with Gasteiger partial charge in [-0.25, -0.2) is 13.4 Å². The fourth-order valence-corrected chi connectivity index (χ4v) is 5.67. The Balaban J connectivity index is 1.46. The number of sulfonamides is 1. The fourth-order valence-electron chi connectivity index (χ4n) is 4.16. The molecule has 0 saturated carbocycles. The van der Waals surface area contributed by atoms with E-state index in [-0.39, 0.29) is 10.8 Å². The number of imidazole rings is 1. The molecular weight excluding hydrogens is 436 g/mol. The Kier molecular flexibility index (Phi) is 5.70. The molecule has 0 spiro atoms. The van der Waals surface area contributed by atoms with Gasteiger partial charge in [-0.2, -0.15) is 4.31 Å². The Bertz CT molecular complexity index is 1380. The van der Waals surface area contributed by atoms with Gasteiger partial charge >= 0.3 is 0 Å². The number of fused-ring (bicyclic) bond motifs is 1. The van der Waals surface area contributed by atoms with Crippen LogP contribution in [0.4, 0.5) is 5.69 Å². The highest BCUT2D eigenvalue weighted by Gasteiger charge is 2.27. The van der Waals surface area contributed by atoms with Gasteiger partial charge in [-0.3, -0.25) is 4.79 Å². The van der Waals surface area contributed by atoms with Gasteiger partial charge in [0.2, 0.25) is 10.0 Å². The first-order valence-corrected chi connectivity index (χ1v) is 12.4. The van der Waals surface area contributed by atoms with Crippen molar-refractivity contribution >= 4 is 27.3 Å². The van der Waals surface area contributed by atoms with Gasteiger partial charge in [0.15, 0.2) is 0 Å². The molecular formula is C25H24N4O3S. The third-order valence-corrected chi connectivity index (χ3v) is 7.84. The minimum atomic E-state index is -3.52. The first-order valence-electron chi connectivity index (χ1n) is 10.9. The zero-order valence-electron chi connectivity index (χ0n) is 18.0. The number of nitrogens with zero attached hydrogens (tertiary/aromatic N) is 4. The number of anilines is 1. The fraction of sp³-hybridized carbons (Fsp3) is 0.200. The monoisotopic (exact) mass is 460 g/mol. The molecule has 5 rings (SSSR count). The summed E-state index contributed by atoms with van der Waals surface area (Å²) in [4.78, 5) is 19.9.